The van der Waals surface area contributed by atoms with Crippen LogP contribution in [0.15, 0.2) is 48.5 Å². The zero-order chi connectivity index (χ0) is 18.4. The van der Waals surface area contributed by atoms with E-state index in [9.17, 15) is 13.6 Å². The zero-order valence-electron chi connectivity index (χ0n) is 15.2. The lowest BCUT2D eigenvalue weighted by molar-refractivity contribution is 0.0959. The summed E-state index contributed by atoms with van der Waals surface area (Å²) in [5.74, 6) is -0.450. The Kier molecular flexibility index (Phi) is 8.35. The van der Waals surface area contributed by atoms with Gasteiger partial charge < -0.3 is 4.90 Å². The van der Waals surface area contributed by atoms with E-state index in [1.807, 2.05) is 12.1 Å². The molecular formula is C21H25ClF2N2O. The molecule has 0 aromatic heterocycles. The molecule has 3 nitrogen and oxygen atoms in total. The minimum atomic E-state index is -0.319. The van der Waals surface area contributed by atoms with Crippen LogP contribution >= 0.6 is 12.4 Å². The molecule has 0 saturated carbocycles. The van der Waals surface area contributed by atoms with E-state index in [1.165, 1.54) is 24.3 Å². The highest BCUT2D eigenvalue weighted by Gasteiger charge is 2.17. The standard InChI is InChI=1S/C21H24F2N2O.ClH/c22-19-7-3-17(4-8-19)16-25-14-12-24(13-15-25)11-1-2-21(26)18-5-9-20(23)10-6-18;/h3-10H,1-2,11-16H2;1H. The Balaban J connectivity index is 0.00000261. The van der Waals surface area contributed by atoms with E-state index >= 15 is 0 Å². The van der Waals surface area contributed by atoms with Gasteiger partial charge in [0.2, 0.25) is 0 Å². The second kappa shape index (κ2) is 10.5. The number of carbonyl (C=O) groups excluding carboxylic acids is 1. The van der Waals surface area contributed by atoms with Crippen LogP contribution in [0.4, 0.5) is 8.78 Å². The van der Waals surface area contributed by atoms with Crippen LogP contribution in [-0.4, -0.2) is 48.3 Å². The lowest BCUT2D eigenvalue weighted by atomic mass is 10.1. The van der Waals surface area contributed by atoms with Gasteiger partial charge in [-0.2, -0.15) is 0 Å². The van der Waals surface area contributed by atoms with Crippen molar-refractivity contribution in [3.8, 4) is 0 Å². The molecule has 146 valence electrons. The predicted molar refractivity (Wildman–Crippen MR) is 105 cm³/mol. The van der Waals surface area contributed by atoms with Gasteiger partial charge in [-0.1, -0.05) is 12.1 Å². The normalized spacial score (nSPS) is 15.3. The van der Waals surface area contributed by atoms with Crippen LogP contribution < -0.4 is 0 Å². The van der Waals surface area contributed by atoms with Gasteiger partial charge in [0.05, 0.1) is 0 Å². The molecule has 0 atom stereocenters. The molecule has 0 radical (unpaired) electrons. The molecule has 1 fully saturated rings. The molecule has 0 bridgehead atoms. The Morgan fingerprint density at radius 3 is 1.93 bits per heavy atom. The summed E-state index contributed by atoms with van der Waals surface area (Å²) < 4.78 is 25.9. The van der Waals surface area contributed by atoms with Crippen LogP contribution in [0.1, 0.15) is 28.8 Å². The summed E-state index contributed by atoms with van der Waals surface area (Å²) in [6, 6.07) is 12.4. The molecular weight excluding hydrogens is 370 g/mol. The van der Waals surface area contributed by atoms with Gasteiger partial charge >= 0.3 is 0 Å². The van der Waals surface area contributed by atoms with E-state index in [0.717, 1.165) is 51.3 Å². The van der Waals surface area contributed by atoms with E-state index in [1.54, 1.807) is 12.1 Å². The minimum absolute atomic E-state index is 0. The zero-order valence-corrected chi connectivity index (χ0v) is 16.1. The fourth-order valence-electron chi connectivity index (χ4n) is 3.26. The van der Waals surface area contributed by atoms with Crippen molar-refractivity contribution in [1.82, 2.24) is 9.80 Å². The van der Waals surface area contributed by atoms with Crippen molar-refractivity contribution in [2.24, 2.45) is 0 Å². The van der Waals surface area contributed by atoms with Crippen molar-refractivity contribution in [2.75, 3.05) is 32.7 Å². The van der Waals surface area contributed by atoms with Gasteiger partial charge in [-0.3, -0.25) is 9.69 Å². The smallest absolute Gasteiger partial charge is 0.162 e. The number of rotatable bonds is 7. The monoisotopic (exact) mass is 394 g/mol. The van der Waals surface area contributed by atoms with Crippen LogP contribution in [-0.2, 0) is 6.54 Å². The maximum atomic E-state index is 13.0. The molecule has 0 unspecified atom stereocenters. The third kappa shape index (κ3) is 6.69. The number of ketones is 1. The van der Waals surface area contributed by atoms with Gasteiger partial charge in [0.25, 0.3) is 0 Å². The van der Waals surface area contributed by atoms with Gasteiger partial charge in [-0.15, -0.1) is 12.4 Å². The molecule has 3 rings (SSSR count). The molecule has 0 amide bonds. The number of nitrogens with zero attached hydrogens (tertiary/aromatic N) is 2. The maximum Gasteiger partial charge on any atom is 0.162 e. The van der Waals surface area contributed by atoms with Crippen LogP contribution in [0.5, 0.6) is 0 Å². The summed E-state index contributed by atoms with van der Waals surface area (Å²) in [7, 11) is 0. The first-order valence-electron chi connectivity index (χ1n) is 9.08. The maximum absolute atomic E-state index is 13.0. The second-order valence-electron chi connectivity index (χ2n) is 6.78. The average molecular weight is 395 g/mol. The largest absolute Gasteiger partial charge is 0.301 e. The van der Waals surface area contributed by atoms with Crippen LogP contribution in [0.25, 0.3) is 0 Å². The third-order valence-electron chi connectivity index (χ3n) is 4.83. The Morgan fingerprint density at radius 1 is 0.815 bits per heavy atom. The van der Waals surface area contributed by atoms with E-state index < -0.39 is 0 Å². The van der Waals surface area contributed by atoms with E-state index in [0.29, 0.717) is 12.0 Å². The fraction of sp³-hybridized carbons (Fsp3) is 0.381. The summed E-state index contributed by atoms with van der Waals surface area (Å²) in [4.78, 5) is 16.8. The Hall–Kier alpha value is -1.82. The minimum Gasteiger partial charge on any atom is -0.301 e. The van der Waals surface area contributed by atoms with E-state index in [-0.39, 0.29) is 29.8 Å². The molecule has 1 aliphatic heterocycles. The molecule has 27 heavy (non-hydrogen) atoms. The number of halogens is 3. The summed E-state index contributed by atoms with van der Waals surface area (Å²) in [5, 5.41) is 0. The highest BCUT2D eigenvalue weighted by molar-refractivity contribution is 5.95. The summed E-state index contributed by atoms with van der Waals surface area (Å²) in [5.41, 5.74) is 1.71. The lowest BCUT2D eigenvalue weighted by Crippen LogP contribution is -2.46. The first kappa shape index (κ1) is 21.5. The van der Waals surface area contributed by atoms with Crippen molar-refractivity contribution in [3.63, 3.8) is 0 Å². The molecule has 2 aromatic carbocycles. The summed E-state index contributed by atoms with van der Waals surface area (Å²) in [6.45, 7) is 5.65. The highest BCUT2D eigenvalue weighted by Crippen LogP contribution is 2.11. The lowest BCUT2D eigenvalue weighted by Gasteiger charge is -2.34. The summed E-state index contributed by atoms with van der Waals surface area (Å²) >= 11 is 0. The Bertz CT molecular complexity index is 714. The number of Topliss-reactive ketones (excluding diaryl/α,β-unsaturated/α-hetero) is 1. The molecule has 1 heterocycles. The number of benzene rings is 2. The molecule has 2 aromatic rings. The van der Waals surface area contributed by atoms with Crippen LogP contribution in [0, 0.1) is 11.6 Å². The number of piperazine rings is 1. The van der Waals surface area contributed by atoms with Crippen molar-refractivity contribution >= 4 is 18.2 Å². The predicted octanol–water partition coefficient (Wildman–Crippen LogP) is 4.17. The van der Waals surface area contributed by atoms with Crippen LogP contribution in [0.3, 0.4) is 0 Å². The van der Waals surface area contributed by atoms with Gasteiger partial charge in [0, 0.05) is 44.7 Å². The summed E-state index contributed by atoms with van der Waals surface area (Å²) in [6.07, 6.45) is 1.30. The number of carbonyl (C=O) groups is 1. The third-order valence-corrected chi connectivity index (χ3v) is 4.83. The fourth-order valence-corrected chi connectivity index (χ4v) is 3.26. The van der Waals surface area contributed by atoms with Crippen LogP contribution in [0.2, 0.25) is 0 Å². The number of hydrogen-bond donors (Lipinski definition) is 0. The van der Waals surface area contributed by atoms with Crippen molar-refractivity contribution < 1.29 is 13.6 Å². The van der Waals surface area contributed by atoms with Crippen molar-refractivity contribution in [2.45, 2.75) is 19.4 Å². The Morgan fingerprint density at radius 2 is 1.33 bits per heavy atom. The van der Waals surface area contributed by atoms with Crippen molar-refractivity contribution in [1.29, 1.82) is 0 Å². The second-order valence-corrected chi connectivity index (χ2v) is 6.78. The molecule has 0 aliphatic carbocycles. The van der Waals surface area contributed by atoms with E-state index in [4.69, 9.17) is 0 Å². The van der Waals surface area contributed by atoms with Gasteiger partial charge in [0.15, 0.2) is 5.78 Å². The molecule has 0 spiro atoms. The quantitative estimate of drug-likeness (QED) is 0.658. The number of hydrogen-bond acceptors (Lipinski definition) is 3. The first-order valence-corrected chi connectivity index (χ1v) is 9.08. The van der Waals surface area contributed by atoms with Crippen molar-refractivity contribution in [3.05, 3.63) is 71.3 Å². The first-order chi connectivity index (χ1) is 12.6. The molecule has 0 N–H and O–H groups in total. The Labute approximate surface area is 165 Å². The highest BCUT2D eigenvalue weighted by atomic mass is 35.5. The van der Waals surface area contributed by atoms with Gasteiger partial charge in [0.1, 0.15) is 11.6 Å². The van der Waals surface area contributed by atoms with Gasteiger partial charge in [-0.05, 0) is 54.9 Å². The topological polar surface area (TPSA) is 23.6 Å². The van der Waals surface area contributed by atoms with Gasteiger partial charge in [-0.25, -0.2) is 8.78 Å². The average Bonchev–Trinajstić information content (AvgIpc) is 2.65. The molecule has 1 aliphatic rings. The van der Waals surface area contributed by atoms with E-state index in [2.05, 4.69) is 9.80 Å². The molecule has 1 saturated heterocycles. The molecule has 6 heteroatoms. The SMILES string of the molecule is Cl.O=C(CCCN1CCN(Cc2ccc(F)cc2)CC1)c1ccc(F)cc1.